The van der Waals surface area contributed by atoms with Gasteiger partial charge in [-0.2, -0.15) is 0 Å². The zero-order valence-electron chi connectivity index (χ0n) is 31.8. The zero-order chi connectivity index (χ0) is 37.4. The van der Waals surface area contributed by atoms with E-state index in [2.05, 4.69) is 15.2 Å². The Labute approximate surface area is 309 Å². The maximum Gasteiger partial charge on any atom is 0.410 e. The van der Waals surface area contributed by atoms with Gasteiger partial charge >= 0.3 is 6.09 Å². The largest absolute Gasteiger partial charge is 0.444 e. The predicted octanol–water partition coefficient (Wildman–Crippen LogP) is 0.489. The molecule has 0 bridgehead atoms. The highest BCUT2D eigenvalue weighted by Gasteiger charge is 2.25. The van der Waals surface area contributed by atoms with Gasteiger partial charge in [-0.1, -0.05) is 5.21 Å². The second-order valence-corrected chi connectivity index (χ2v) is 12.6. The average Bonchev–Trinajstić information content (AvgIpc) is 3.58. The van der Waals surface area contributed by atoms with Crippen LogP contribution in [0.5, 0.6) is 0 Å². The van der Waals surface area contributed by atoms with E-state index < -0.39 is 5.60 Å². The van der Waals surface area contributed by atoms with Crippen molar-refractivity contribution in [3.63, 3.8) is 0 Å². The summed E-state index contributed by atoms with van der Waals surface area (Å²) in [4.78, 5) is 16.2. The van der Waals surface area contributed by atoms with Crippen LogP contribution in [-0.2, 0) is 65.3 Å². The molecule has 1 aromatic rings. The standard InChI is InChI=1S/C34H65N5O13/c1-34(2,3)52-33(41)38-6-4-37(5-7-38)8-11-51-31-32-30-39(36-35-32)9-12-42-14-16-44-18-20-46-22-24-48-26-28-50-29-27-49-25-23-47-21-19-45-17-15-43-13-10-40/h30,40H,4-29,31H2,1-3H3. The number of aromatic nitrogens is 3. The van der Waals surface area contributed by atoms with Crippen LogP contribution in [0.2, 0.25) is 0 Å². The first-order valence-corrected chi connectivity index (χ1v) is 18.3. The van der Waals surface area contributed by atoms with Crippen LogP contribution < -0.4 is 0 Å². The van der Waals surface area contributed by atoms with E-state index in [0.29, 0.717) is 152 Å². The highest BCUT2D eigenvalue weighted by molar-refractivity contribution is 5.68. The molecular formula is C34H65N5O13. The van der Waals surface area contributed by atoms with Crippen molar-refractivity contribution >= 4 is 6.09 Å². The number of hydrogen-bond acceptors (Lipinski definition) is 16. The van der Waals surface area contributed by atoms with E-state index in [4.69, 9.17) is 57.2 Å². The molecule has 1 saturated heterocycles. The fraction of sp³-hybridized carbons (Fsp3) is 0.912. The Morgan fingerprint density at radius 3 is 1.42 bits per heavy atom. The number of carbonyl (C=O) groups is 1. The molecule has 304 valence electrons. The number of hydrogen-bond donors (Lipinski definition) is 1. The molecule has 0 unspecified atom stereocenters. The van der Waals surface area contributed by atoms with E-state index in [1.165, 1.54) is 0 Å². The first-order chi connectivity index (χ1) is 25.4. The van der Waals surface area contributed by atoms with Crippen molar-refractivity contribution in [3.8, 4) is 0 Å². The molecule has 18 heteroatoms. The Bertz CT molecular complexity index is 964. The first-order valence-electron chi connectivity index (χ1n) is 18.3. The van der Waals surface area contributed by atoms with Gasteiger partial charge < -0.3 is 62.1 Å². The average molecular weight is 752 g/mol. The third-order valence-corrected chi connectivity index (χ3v) is 7.09. The Hall–Kier alpha value is -2.07. The SMILES string of the molecule is CC(C)(C)OC(=O)N1CCN(CCOCc2cn(CCOCCOCCOCCOCCOCCOCCOCCOCCOCCO)nn2)CC1. The molecule has 0 aromatic carbocycles. The van der Waals surface area contributed by atoms with E-state index in [1.54, 1.807) is 9.58 Å². The van der Waals surface area contributed by atoms with Gasteiger partial charge in [0, 0.05) is 32.7 Å². The minimum absolute atomic E-state index is 0.0212. The summed E-state index contributed by atoms with van der Waals surface area (Å²) in [5.41, 5.74) is 0.292. The minimum Gasteiger partial charge on any atom is -0.444 e. The fourth-order valence-electron chi connectivity index (χ4n) is 4.45. The smallest absolute Gasteiger partial charge is 0.410 e. The number of aliphatic hydroxyl groups is 1. The second kappa shape index (κ2) is 31.3. The van der Waals surface area contributed by atoms with E-state index in [1.807, 2.05) is 27.0 Å². The summed E-state index contributed by atoms with van der Waals surface area (Å²) in [6.45, 7) is 19.6. The lowest BCUT2D eigenvalue weighted by molar-refractivity contribution is -0.0256. The lowest BCUT2D eigenvalue weighted by Gasteiger charge is -2.35. The molecule has 18 nitrogen and oxygen atoms in total. The summed E-state index contributed by atoms with van der Waals surface area (Å²) in [7, 11) is 0. The summed E-state index contributed by atoms with van der Waals surface area (Å²) in [5, 5.41) is 16.9. The maximum atomic E-state index is 12.2. The van der Waals surface area contributed by atoms with Gasteiger partial charge in [0.2, 0.25) is 0 Å². The molecule has 2 heterocycles. The third-order valence-electron chi connectivity index (χ3n) is 7.09. The number of amides is 1. The molecule has 1 aromatic heterocycles. The molecule has 1 aliphatic heterocycles. The molecule has 1 fully saturated rings. The van der Waals surface area contributed by atoms with Crippen LogP contribution in [0.4, 0.5) is 4.79 Å². The molecular weight excluding hydrogens is 686 g/mol. The summed E-state index contributed by atoms with van der Waals surface area (Å²) in [6.07, 6.45) is 1.62. The highest BCUT2D eigenvalue weighted by Crippen LogP contribution is 2.12. The van der Waals surface area contributed by atoms with Gasteiger partial charge in [-0.3, -0.25) is 4.90 Å². The molecule has 0 atom stereocenters. The van der Waals surface area contributed by atoms with Crippen LogP contribution in [0.25, 0.3) is 0 Å². The van der Waals surface area contributed by atoms with Crippen LogP contribution in [0.3, 0.4) is 0 Å². The van der Waals surface area contributed by atoms with Crippen LogP contribution in [0.1, 0.15) is 26.5 Å². The summed E-state index contributed by atoms with van der Waals surface area (Å²) >= 11 is 0. The molecule has 52 heavy (non-hydrogen) atoms. The topological polar surface area (TPSA) is 176 Å². The zero-order valence-corrected chi connectivity index (χ0v) is 31.8. The summed E-state index contributed by atoms with van der Waals surface area (Å²) in [6, 6.07) is 0. The Kier molecular flexibility index (Phi) is 27.7. The maximum absolute atomic E-state index is 12.2. The lowest BCUT2D eigenvalue weighted by Crippen LogP contribution is -2.50. The molecule has 0 saturated carbocycles. The van der Waals surface area contributed by atoms with Crippen molar-refractivity contribution in [3.05, 3.63) is 11.9 Å². The molecule has 0 spiro atoms. The van der Waals surface area contributed by atoms with Gasteiger partial charge in [0.05, 0.1) is 151 Å². The molecule has 1 aliphatic rings. The number of piperazine rings is 1. The molecule has 1 N–H and O–H groups in total. The van der Waals surface area contributed by atoms with Gasteiger partial charge in [0.1, 0.15) is 11.3 Å². The monoisotopic (exact) mass is 751 g/mol. The van der Waals surface area contributed by atoms with E-state index in [9.17, 15) is 4.79 Å². The van der Waals surface area contributed by atoms with Crippen LogP contribution in [-0.4, -0.2) is 206 Å². The number of aliphatic hydroxyl groups excluding tert-OH is 1. The molecule has 0 aliphatic carbocycles. The lowest BCUT2D eigenvalue weighted by atomic mass is 10.2. The number of rotatable bonds is 34. The molecule has 0 radical (unpaired) electrons. The Balaban J connectivity index is 1.25. The van der Waals surface area contributed by atoms with E-state index in [0.717, 1.165) is 25.3 Å². The van der Waals surface area contributed by atoms with Crippen LogP contribution in [0.15, 0.2) is 6.20 Å². The Morgan fingerprint density at radius 2 is 1.00 bits per heavy atom. The number of carbonyl (C=O) groups excluding carboxylic acids is 1. The van der Waals surface area contributed by atoms with Gasteiger partial charge in [0.15, 0.2) is 0 Å². The van der Waals surface area contributed by atoms with E-state index >= 15 is 0 Å². The van der Waals surface area contributed by atoms with Crippen molar-refractivity contribution in [2.24, 2.45) is 0 Å². The first kappa shape index (κ1) is 46.1. The second-order valence-electron chi connectivity index (χ2n) is 12.6. The summed E-state index contributed by atoms with van der Waals surface area (Å²) < 4.78 is 61.9. The summed E-state index contributed by atoms with van der Waals surface area (Å²) in [5.74, 6) is 0. The number of nitrogens with zero attached hydrogens (tertiary/aromatic N) is 5. The quantitative estimate of drug-likeness (QED) is 0.0963. The minimum atomic E-state index is -0.480. The van der Waals surface area contributed by atoms with Gasteiger partial charge in [-0.25, -0.2) is 9.48 Å². The van der Waals surface area contributed by atoms with Crippen LogP contribution in [0, 0.1) is 0 Å². The van der Waals surface area contributed by atoms with Gasteiger partial charge in [-0.15, -0.1) is 5.10 Å². The van der Waals surface area contributed by atoms with Crippen LogP contribution >= 0.6 is 0 Å². The van der Waals surface area contributed by atoms with E-state index in [-0.39, 0.29) is 12.7 Å². The molecule has 2 rings (SSSR count). The van der Waals surface area contributed by atoms with Crippen molar-refractivity contribution in [1.82, 2.24) is 24.8 Å². The fourth-order valence-corrected chi connectivity index (χ4v) is 4.45. The third kappa shape index (κ3) is 26.7. The van der Waals surface area contributed by atoms with Crippen molar-refractivity contribution in [2.75, 3.05) is 165 Å². The van der Waals surface area contributed by atoms with Gasteiger partial charge in [0.25, 0.3) is 0 Å². The normalized spacial score (nSPS) is 14.0. The van der Waals surface area contributed by atoms with Gasteiger partial charge in [-0.05, 0) is 20.8 Å². The van der Waals surface area contributed by atoms with Crippen molar-refractivity contribution < 1.29 is 62.0 Å². The highest BCUT2D eigenvalue weighted by atomic mass is 16.6. The van der Waals surface area contributed by atoms with Crippen molar-refractivity contribution in [1.29, 1.82) is 0 Å². The predicted molar refractivity (Wildman–Crippen MR) is 188 cm³/mol. The number of ether oxygens (including phenoxy) is 11. The van der Waals surface area contributed by atoms with Crippen molar-refractivity contribution in [2.45, 2.75) is 39.5 Å². The Morgan fingerprint density at radius 1 is 0.596 bits per heavy atom. The molecule has 1 amide bonds.